The molecule has 1 aromatic heterocycles. The molecule has 19 heavy (non-hydrogen) atoms. The summed E-state index contributed by atoms with van der Waals surface area (Å²) in [6.45, 7) is 9.05. The van der Waals surface area contributed by atoms with Gasteiger partial charge in [-0.25, -0.2) is 9.98 Å². The molecular weight excluding hydrogens is 259 g/mol. The number of alkyl halides is 3. The second-order valence-electron chi connectivity index (χ2n) is 4.16. The van der Waals surface area contributed by atoms with Crippen LogP contribution in [-0.2, 0) is 6.18 Å². The molecule has 0 aliphatic carbocycles. The molecule has 0 saturated carbocycles. The van der Waals surface area contributed by atoms with E-state index in [-0.39, 0.29) is 11.9 Å². The second-order valence-corrected chi connectivity index (χ2v) is 4.16. The Labute approximate surface area is 108 Å². The molecule has 0 radical (unpaired) electrons. The van der Waals surface area contributed by atoms with Gasteiger partial charge in [-0.15, -0.1) is 5.10 Å². The topological polar surface area (TPSA) is 55.4 Å². The summed E-state index contributed by atoms with van der Waals surface area (Å²) in [4.78, 5) is 7.48. The molecule has 0 atom stereocenters. The van der Waals surface area contributed by atoms with Gasteiger partial charge in [0, 0.05) is 6.20 Å². The summed E-state index contributed by atoms with van der Waals surface area (Å²) in [5.74, 6) is 0.208. The van der Waals surface area contributed by atoms with Gasteiger partial charge in [0.2, 0.25) is 0 Å². The van der Waals surface area contributed by atoms with Crippen LogP contribution in [0.4, 0.5) is 13.2 Å². The first-order valence-corrected chi connectivity index (χ1v) is 5.46. The number of aromatic nitrogens is 3. The van der Waals surface area contributed by atoms with Gasteiger partial charge in [-0.05, 0) is 19.6 Å². The van der Waals surface area contributed by atoms with Gasteiger partial charge in [-0.3, -0.25) is 0 Å². The van der Waals surface area contributed by atoms with Crippen LogP contribution in [0.1, 0.15) is 26.5 Å². The van der Waals surface area contributed by atoms with E-state index in [4.69, 9.17) is 0 Å². The molecule has 1 rings (SSSR count). The third-order valence-electron chi connectivity index (χ3n) is 2.42. The molecule has 0 aliphatic heterocycles. The van der Waals surface area contributed by atoms with Crippen molar-refractivity contribution in [3.8, 4) is 0 Å². The van der Waals surface area contributed by atoms with Crippen molar-refractivity contribution in [3.05, 3.63) is 23.7 Å². The Kier molecular flexibility index (Phi) is 4.57. The SMILES string of the molecule is C=NC(=N/C=C(\C)C(C)C)n1cc(C(F)(F)F)nn1. The lowest BCUT2D eigenvalue weighted by atomic mass is 10.1. The zero-order valence-electron chi connectivity index (χ0n) is 10.8. The van der Waals surface area contributed by atoms with Gasteiger partial charge in [0.05, 0.1) is 6.20 Å². The predicted octanol–water partition coefficient (Wildman–Crippen LogP) is 2.76. The van der Waals surface area contributed by atoms with E-state index in [9.17, 15) is 13.2 Å². The van der Waals surface area contributed by atoms with Crippen LogP contribution in [0.15, 0.2) is 28.0 Å². The average Bonchev–Trinajstić information content (AvgIpc) is 2.78. The molecule has 0 bridgehead atoms. The minimum absolute atomic E-state index is 0.0667. The van der Waals surface area contributed by atoms with Gasteiger partial charge in [0.1, 0.15) is 0 Å². The summed E-state index contributed by atoms with van der Waals surface area (Å²) in [6, 6.07) is 0. The van der Waals surface area contributed by atoms with Crippen molar-refractivity contribution in [2.75, 3.05) is 0 Å². The average molecular weight is 273 g/mol. The first-order chi connectivity index (χ1) is 8.75. The maximum atomic E-state index is 12.4. The summed E-state index contributed by atoms with van der Waals surface area (Å²) in [5, 5.41) is 6.35. The Morgan fingerprint density at radius 1 is 1.47 bits per heavy atom. The van der Waals surface area contributed by atoms with Crippen LogP contribution in [0.2, 0.25) is 0 Å². The van der Waals surface area contributed by atoms with Crippen LogP contribution in [0.3, 0.4) is 0 Å². The molecule has 1 aromatic rings. The van der Waals surface area contributed by atoms with Crippen molar-refractivity contribution < 1.29 is 13.2 Å². The van der Waals surface area contributed by atoms with Crippen LogP contribution >= 0.6 is 0 Å². The fourth-order valence-electron chi connectivity index (χ4n) is 0.973. The molecular formula is C11H14F3N5. The molecule has 0 spiro atoms. The van der Waals surface area contributed by atoms with E-state index in [1.807, 2.05) is 20.8 Å². The molecule has 0 N–H and O–H groups in total. The lowest BCUT2D eigenvalue weighted by Gasteiger charge is -2.02. The highest BCUT2D eigenvalue weighted by Crippen LogP contribution is 2.26. The highest BCUT2D eigenvalue weighted by molar-refractivity contribution is 5.85. The van der Waals surface area contributed by atoms with Gasteiger partial charge >= 0.3 is 6.18 Å². The van der Waals surface area contributed by atoms with Gasteiger partial charge in [0.15, 0.2) is 5.69 Å². The number of rotatable bonds is 2. The Hall–Kier alpha value is -1.99. The van der Waals surface area contributed by atoms with E-state index in [1.165, 1.54) is 6.20 Å². The standard InChI is InChI=1S/C11H14F3N5/c1-7(2)8(3)5-16-10(15-4)19-6-9(17-18-19)11(12,13)14/h5-7H,4H2,1-3H3/b8-5+,16-10?. The van der Waals surface area contributed by atoms with Crippen molar-refractivity contribution in [1.29, 1.82) is 0 Å². The number of aliphatic imine (C=N–C) groups is 2. The van der Waals surface area contributed by atoms with Crippen molar-refractivity contribution >= 4 is 12.7 Å². The lowest BCUT2D eigenvalue weighted by molar-refractivity contribution is -0.141. The number of hydrogen-bond donors (Lipinski definition) is 0. The fraction of sp³-hybridized carbons (Fsp3) is 0.455. The minimum atomic E-state index is -4.55. The summed E-state index contributed by atoms with van der Waals surface area (Å²) in [5.41, 5.74) is -0.147. The Morgan fingerprint density at radius 3 is 2.53 bits per heavy atom. The molecule has 1 heterocycles. The first kappa shape index (κ1) is 15.1. The highest BCUT2D eigenvalue weighted by Gasteiger charge is 2.34. The van der Waals surface area contributed by atoms with Crippen LogP contribution in [0.5, 0.6) is 0 Å². The first-order valence-electron chi connectivity index (χ1n) is 5.46. The molecule has 0 unspecified atom stereocenters. The summed E-state index contributed by atoms with van der Waals surface area (Å²) in [6.07, 6.45) is -2.32. The third kappa shape index (κ3) is 4.01. The van der Waals surface area contributed by atoms with Crippen molar-refractivity contribution in [1.82, 2.24) is 15.0 Å². The zero-order valence-corrected chi connectivity index (χ0v) is 10.8. The van der Waals surface area contributed by atoms with E-state index < -0.39 is 11.9 Å². The fourth-order valence-corrected chi connectivity index (χ4v) is 0.973. The predicted molar refractivity (Wildman–Crippen MR) is 66.0 cm³/mol. The largest absolute Gasteiger partial charge is 0.436 e. The minimum Gasteiger partial charge on any atom is -0.228 e. The Morgan fingerprint density at radius 2 is 2.11 bits per heavy atom. The molecule has 0 aromatic carbocycles. The second kappa shape index (κ2) is 5.77. The third-order valence-corrected chi connectivity index (χ3v) is 2.42. The lowest BCUT2D eigenvalue weighted by Crippen LogP contribution is -2.10. The Balaban J connectivity index is 3.05. The number of allylic oxidation sites excluding steroid dienone is 1. The van der Waals surface area contributed by atoms with E-state index in [2.05, 4.69) is 27.0 Å². The summed E-state index contributed by atoms with van der Waals surface area (Å²) < 4.78 is 38.0. The summed E-state index contributed by atoms with van der Waals surface area (Å²) >= 11 is 0. The van der Waals surface area contributed by atoms with Crippen molar-refractivity contribution in [3.63, 3.8) is 0 Å². The van der Waals surface area contributed by atoms with E-state index in [0.717, 1.165) is 10.3 Å². The molecule has 104 valence electrons. The maximum Gasteiger partial charge on any atom is 0.436 e. The molecule has 5 nitrogen and oxygen atoms in total. The molecule has 0 aliphatic rings. The molecule has 8 heteroatoms. The highest BCUT2D eigenvalue weighted by atomic mass is 19.4. The van der Waals surface area contributed by atoms with Gasteiger partial charge < -0.3 is 0 Å². The quantitative estimate of drug-likeness (QED) is 0.614. The summed E-state index contributed by atoms with van der Waals surface area (Å²) in [7, 11) is 0. The van der Waals surface area contributed by atoms with Crippen LogP contribution in [-0.4, -0.2) is 27.7 Å². The Bertz CT molecular complexity index is 511. The van der Waals surface area contributed by atoms with Gasteiger partial charge in [-0.2, -0.15) is 17.9 Å². The normalized spacial score (nSPS) is 14.1. The van der Waals surface area contributed by atoms with E-state index in [1.54, 1.807) is 0 Å². The molecule has 0 fully saturated rings. The van der Waals surface area contributed by atoms with Gasteiger partial charge in [-0.1, -0.05) is 24.6 Å². The molecule has 0 amide bonds. The smallest absolute Gasteiger partial charge is 0.228 e. The van der Waals surface area contributed by atoms with Crippen LogP contribution in [0.25, 0.3) is 0 Å². The van der Waals surface area contributed by atoms with Gasteiger partial charge in [0.25, 0.3) is 5.96 Å². The number of hydrogen-bond acceptors (Lipinski definition) is 3. The van der Waals surface area contributed by atoms with E-state index >= 15 is 0 Å². The van der Waals surface area contributed by atoms with E-state index in [0.29, 0.717) is 6.20 Å². The van der Waals surface area contributed by atoms with Crippen LogP contribution < -0.4 is 0 Å². The maximum absolute atomic E-state index is 12.4. The monoisotopic (exact) mass is 273 g/mol. The number of halogens is 3. The number of nitrogens with zero attached hydrogens (tertiary/aromatic N) is 5. The molecule has 0 saturated heterocycles. The van der Waals surface area contributed by atoms with Crippen molar-refractivity contribution in [2.45, 2.75) is 26.9 Å². The van der Waals surface area contributed by atoms with Crippen molar-refractivity contribution in [2.24, 2.45) is 15.9 Å². The van der Waals surface area contributed by atoms with Crippen LogP contribution in [0, 0.1) is 5.92 Å². The zero-order chi connectivity index (χ0) is 14.6.